The zero-order valence-corrected chi connectivity index (χ0v) is 11.7. The van der Waals surface area contributed by atoms with Crippen molar-refractivity contribution in [3.05, 3.63) is 36.0 Å². The highest BCUT2D eigenvalue weighted by Crippen LogP contribution is 2.16. The van der Waals surface area contributed by atoms with Gasteiger partial charge in [-0.3, -0.25) is 9.59 Å². The van der Waals surface area contributed by atoms with Crippen molar-refractivity contribution in [2.75, 3.05) is 13.1 Å². The van der Waals surface area contributed by atoms with Crippen LogP contribution in [0.3, 0.4) is 0 Å². The van der Waals surface area contributed by atoms with Crippen LogP contribution in [0.5, 0.6) is 0 Å². The van der Waals surface area contributed by atoms with Crippen molar-refractivity contribution < 1.29 is 9.59 Å². The molecule has 3 N–H and O–H groups in total. The lowest BCUT2D eigenvalue weighted by Crippen LogP contribution is -2.36. The number of H-pyrrole nitrogens is 1. The monoisotopic (exact) mass is 273 g/mol. The molecule has 0 aliphatic rings. The maximum absolute atomic E-state index is 12.1. The molecule has 1 aromatic carbocycles. The Bertz CT molecular complexity index is 616. The summed E-state index contributed by atoms with van der Waals surface area (Å²) < 4.78 is 0. The number of benzene rings is 1. The molecule has 0 radical (unpaired) electrons. The lowest BCUT2D eigenvalue weighted by atomic mass is 10.1. The number of carbonyl (C=O) groups excluding carboxylic acids is 2. The average Bonchev–Trinajstić information content (AvgIpc) is 2.90. The minimum absolute atomic E-state index is 0.00742. The maximum atomic E-state index is 12.1. The summed E-state index contributed by atoms with van der Waals surface area (Å²) >= 11 is 0. The van der Waals surface area contributed by atoms with Crippen molar-refractivity contribution in [1.29, 1.82) is 0 Å². The molecule has 5 heteroatoms. The number of carbonyl (C=O) groups is 2. The highest BCUT2D eigenvalue weighted by Gasteiger charge is 2.10. The SMILES string of the molecule is CC(C)C(=O)NCCNC(=O)c1cccc2[nH]ccc12. The van der Waals surface area contributed by atoms with Gasteiger partial charge in [0.15, 0.2) is 0 Å². The van der Waals surface area contributed by atoms with Gasteiger partial charge in [0.25, 0.3) is 5.91 Å². The minimum Gasteiger partial charge on any atom is -0.361 e. The molecule has 2 rings (SSSR count). The quantitative estimate of drug-likeness (QED) is 0.725. The average molecular weight is 273 g/mol. The molecule has 0 aliphatic carbocycles. The van der Waals surface area contributed by atoms with Crippen molar-refractivity contribution in [1.82, 2.24) is 15.6 Å². The van der Waals surface area contributed by atoms with Gasteiger partial charge >= 0.3 is 0 Å². The van der Waals surface area contributed by atoms with Crippen molar-refractivity contribution in [3.8, 4) is 0 Å². The second-order valence-corrected chi connectivity index (χ2v) is 4.95. The van der Waals surface area contributed by atoms with Crippen LogP contribution in [-0.4, -0.2) is 29.9 Å². The lowest BCUT2D eigenvalue weighted by molar-refractivity contribution is -0.123. The van der Waals surface area contributed by atoms with Gasteiger partial charge in [-0.15, -0.1) is 0 Å². The molecule has 0 unspecified atom stereocenters. The molecule has 0 saturated heterocycles. The first-order chi connectivity index (χ1) is 9.59. The van der Waals surface area contributed by atoms with Crippen LogP contribution < -0.4 is 10.6 Å². The standard InChI is InChI=1S/C15H19N3O2/c1-10(2)14(19)17-8-9-18-15(20)12-4-3-5-13-11(12)6-7-16-13/h3-7,10,16H,8-9H2,1-2H3,(H,17,19)(H,18,20). The number of fused-ring (bicyclic) bond motifs is 1. The Morgan fingerprint density at radius 2 is 1.90 bits per heavy atom. The molecular formula is C15H19N3O2. The Morgan fingerprint density at radius 3 is 2.65 bits per heavy atom. The Hall–Kier alpha value is -2.30. The van der Waals surface area contributed by atoms with Crippen molar-refractivity contribution >= 4 is 22.7 Å². The van der Waals surface area contributed by atoms with Crippen LogP contribution in [0, 0.1) is 5.92 Å². The van der Waals surface area contributed by atoms with Crippen LogP contribution in [0.25, 0.3) is 10.9 Å². The van der Waals surface area contributed by atoms with Gasteiger partial charge in [0.05, 0.1) is 0 Å². The highest BCUT2D eigenvalue weighted by molar-refractivity contribution is 6.06. The van der Waals surface area contributed by atoms with Crippen LogP contribution >= 0.6 is 0 Å². The number of hydrogen-bond acceptors (Lipinski definition) is 2. The van der Waals surface area contributed by atoms with Gasteiger partial charge in [-0.05, 0) is 18.2 Å². The van der Waals surface area contributed by atoms with E-state index in [1.54, 1.807) is 6.07 Å². The topological polar surface area (TPSA) is 74.0 Å². The second-order valence-electron chi connectivity index (χ2n) is 4.95. The molecule has 2 aromatic rings. The van der Waals surface area contributed by atoms with Gasteiger partial charge in [0.2, 0.25) is 5.91 Å². The van der Waals surface area contributed by atoms with Crippen molar-refractivity contribution in [2.24, 2.45) is 5.92 Å². The van der Waals surface area contributed by atoms with E-state index in [1.165, 1.54) is 0 Å². The number of aromatic nitrogens is 1. The third-order valence-electron chi connectivity index (χ3n) is 3.07. The number of nitrogens with one attached hydrogen (secondary N) is 3. The zero-order chi connectivity index (χ0) is 14.5. The molecule has 106 valence electrons. The Balaban J connectivity index is 1.89. The first-order valence-corrected chi connectivity index (χ1v) is 6.71. The Morgan fingerprint density at radius 1 is 1.15 bits per heavy atom. The fourth-order valence-electron chi connectivity index (χ4n) is 1.94. The fraction of sp³-hybridized carbons (Fsp3) is 0.333. The molecule has 0 saturated carbocycles. The Kier molecular flexibility index (Phi) is 4.40. The third-order valence-corrected chi connectivity index (χ3v) is 3.07. The first-order valence-electron chi connectivity index (χ1n) is 6.71. The summed E-state index contributed by atoms with van der Waals surface area (Å²) in [7, 11) is 0. The van der Waals surface area contributed by atoms with E-state index in [2.05, 4.69) is 15.6 Å². The second kappa shape index (κ2) is 6.23. The number of amides is 2. The lowest BCUT2D eigenvalue weighted by Gasteiger charge is -2.09. The summed E-state index contributed by atoms with van der Waals surface area (Å²) in [5.74, 6) is -0.180. The van der Waals surface area contributed by atoms with E-state index in [1.807, 2.05) is 38.2 Å². The Labute approximate surface area is 117 Å². The molecule has 1 aromatic heterocycles. The number of hydrogen-bond donors (Lipinski definition) is 3. The first kappa shape index (κ1) is 14.1. The smallest absolute Gasteiger partial charge is 0.252 e. The van der Waals surface area contributed by atoms with Crippen LogP contribution in [0.4, 0.5) is 0 Å². The normalized spacial score (nSPS) is 10.8. The van der Waals surface area contributed by atoms with E-state index in [-0.39, 0.29) is 17.7 Å². The molecule has 0 aliphatic heterocycles. The predicted octanol–water partition coefficient (Wildman–Crippen LogP) is 1.67. The van der Waals surface area contributed by atoms with Gasteiger partial charge in [0, 0.05) is 41.7 Å². The minimum atomic E-state index is -0.131. The summed E-state index contributed by atoms with van der Waals surface area (Å²) in [6.07, 6.45) is 1.81. The van der Waals surface area contributed by atoms with E-state index in [0.29, 0.717) is 18.7 Å². The molecule has 0 atom stereocenters. The highest BCUT2D eigenvalue weighted by atomic mass is 16.2. The van der Waals surface area contributed by atoms with Crippen LogP contribution in [-0.2, 0) is 4.79 Å². The number of aromatic amines is 1. The van der Waals surface area contributed by atoms with E-state index in [9.17, 15) is 9.59 Å². The van der Waals surface area contributed by atoms with Gasteiger partial charge in [0.1, 0.15) is 0 Å². The molecule has 2 amide bonds. The van der Waals surface area contributed by atoms with Gasteiger partial charge in [-0.1, -0.05) is 19.9 Å². The number of rotatable bonds is 5. The van der Waals surface area contributed by atoms with Gasteiger partial charge < -0.3 is 15.6 Å². The molecule has 1 heterocycles. The predicted molar refractivity (Wildman–Crippen MR) is 78.5 cm³/mol. The van der Waals surface area contributed by atoms with E-state index < -0.39 is 0 Å². The molecule has 0 spiro atoms. The van der Waals surface area contributed by atoms with Crippen molar-refractivity contribution in [2.45, 2.75) is 13.8 Å². The van der Waals surface area contributed by atoms with Crippen LogP contribution in [0.1, 0.15) is 24.2 Å². The fourth-order valence-corrected chi connectivity index (χ4v) is 1.94. The van der Waals surface area contributed by atoms with Crippen molar-refractivity contribution in [3.63, 3.8) is 0 Å². The van der Waals surface area contributed by atoms with Crippen LogP contribution in [0.15, 0.2) is 30.5 Å². The molecule has 5 nitrogen and oxygen atoms in total. The molecule has 0 fully saturated rings. The summed E-state index contributed by atoms with van der Waals surface area (Å²) in [5.41, 5.74) is 1.57. The zero-order valence-electron chi connectivity index (χ0n) is 11.7. The summed E-state index contributed by atoms with van der Waals surface area (Å²) in [6.45, 7) is 4.52. The van der Waals surface area contributed by atoms with E-state index >= 15 is 0 Å². The molecular weight excluding hydrogens is 254 g/mol. The molecule has 20 heavy (non-hydrogen) atoms. The largest absolute Gasteiger partial charge is 0.361 e. The van der Waals surface area contributed by atoms with E-state index in [4.69, 9.17) is 0 Å². The van der Waals surface area contributed by atoms with Crippen LogP contribution in [0.2, 0.25) is 0 Å². The maximum Gasteiger partial charge on any atom is 0.252 e. The summed E-state index contributed by atoms with van der Waals surface area (Å²) in [4.78, 5) is 26.5. The van der Waals surface area contributed by atoms with E-state index in [0.717, 1.165) is 10.9 Å². The summed E-state index contributed by atoms with van der Waals surface area (Å²) in [5, 5.41) is 6.47. The summed E-state index contributed by atoms with van der Waals surface area (Å²) in [6, 6.07) is 7.44. The van der Waals surface area contributed by atoms with Gasteiger partial charge in [-0.25, -0.2) is 0 Å². The third kappa shape index (κ3) is 3.17. The molecule has 0 bridgehead atoms. The van der Waals surface area contributed by atoms with Gasteiger partial charge in [-0.2, -0.15) is 0 Å².